The zero-order valence-electron chi connectivity index (χ0n) is 17.4. The second kappa shape index (κ2) is 9.85. The molecule has 3 aromatic carbocycles. The van der Waals surface area contributed by atoms with Crippen LogP contribution in [0.15, 0.2) is 106 Å². The van der Waals surface area contributed by atoms with Crippen LogP contribution in [-0.4, -0.2) is 34.2 Å². The monoisotopic (exact) mass is 556 g/mol. The van der Waals surface area contributed by atoms with E-state index in [0.717, 1.165) is 0 Å². The zero-order valence-corrected chi connectivity index (χ0v) is 19.9. The third-order valence-corrected chi connectivity index (χ3v) is 10.6. The molecule has 190 valence electrons. The molecule has 14 heteroatoms. The van der Waals surface area contributed by atoms with E-state index < -0.39 is 47.9 Å². The molecule has 0 aliphatic heterocycles. The van der Waals surface area contributed by atoms with E-state index in [4.69, 9.17) is 3.63 Å². The number of hydrogen-bond acceptors (Lipinski definition) is 6. The Bertz CT molecular complexity index is 1250. The molecule has 0 saturated heterocycles. The Morgan fingerprint density at radius 1 is 0.571 bits per heavy atom. The fourth-order valence-corrected chi connectivity index (χ4v) is 8.40. The molecular formula is C21H17F5O6S3. The molecule has 0 N–H and O–H groups in total. The summed E-state index contributed by atoms with van der Waals surface area (Å²) in [5.41, 5.74) is -6.03. The third kappa shape index (κ3) is 5.51. The number of rotatable bonds is 9. The van der Waals surface area contributed by atoms with Gasteiger partial charge in [0.15, 0.2) is 0 Å². The molecule has 35 heavy (non-hydrogen) atoms. The van der Waals surface area contributed by atoms with Crippen LogP contribution in [0.2, 0.25) is 0 Å². The van der Waals surface area contributed by atoms with Crippen molar-refractivity contribution in [2.24, 2.45) is 0 Å². The van der Waals surface area contributed by atoms with Crippen LogP contribution in [0.3, 0.4) is 0 Å². The molecule has 0 aliphatic rings. The molecule has 0 atom stereocenters. The normalized spacial score (nSPS) is 14.0. The lowest BCUT2D eigenvalue weighted by Gasteiger charge is -2.40. The molecule has 0 saturated carbocycles. The Hall–Kier alpha value is -2.52. The predicted molar refractivity (Wildman–Crippen MR) is 118 cm³/mol. The SMILES string of the molecule is O=S(=O)(OCC(F)(F)S(=O)(=O)OS(c1ccccc1)(c1ccccc1)c1ccccc1)C(F)(F)F. The van der Waals surface area contributed by atoms with Crippen molar-refractivity contribution in [2.75, 3.05) is 6.61 Å². The summed E-state index contributed by atoms with van der Waals surface area (Å²) >= 11 is 0. The molecule has 0 radical (unpaired) electrons. The van der Waals surface area contributed by atoms with E-state index in [2.05, 4.69) is 4.18 Å². The summed E-state index contributed by atoms with van der Waals surface area (Å²) in [6.07, 6.45) is 0. The first kappa shape index (κ1) is 27.1. The second-order valence-corrected chi connectivity index (χ2v) is 13.0. The van der Waals surface area contributed by atoms with Crippen molar-refractivity contribution >= 4 is 30.5 Å². The lowest BCUT2D eigenvalue weighted by molar-refractivity contribution is -0.0598. The van der Waals surface area contributed by atoms with Gasteiger partial charge >= 0.3 is 31.0 Å². The molecule has 3 rings (SSSR count). The van der Waals surface area contributed by atoms with Gasteiger partial charge in [-0.2, -0.15) is 38.8 Å². The number of alkyl halides is 5. The van der Waals surface area contributed by atoms with Crippen molar-refractivity contribution in [2.45, 2.75) is 25.4 Å². The van der Waals surface area contributed by atoms with Crippen molar-refractivity contribution in [3.63, 3.8) is 0 Å². The van der Waals surface area contributed by atoms with Crippen LogP contribution in [0.25, 0.3) is 0 Å². The lowest BCUT2D eigenvalue weighted by atomic mass is 10.4. The fourth-order valence-electron chi connectivity index (χ4n) is 2.83. The zero-order chi connectivity index (χ0) is 26.0. The topological polar surface area (TPSA) is 86.7 Å². The van der Waals surface area contributed by atoms with Crippen molar-refractivity contribution in [3.8, 4) is 0 Å². The molecular weight excluding hydrogens is 539 g/mol. The van der Waals surface area contributed by atoms with Gasteiger partial charge in [0.25, 0.3) is 0 Å². The van der Waals surface area contributed by atoms with Crippen molar-refractivity contribution in [3.05, 3.63) is 91.0 Å². The highest BCUT2D eigenvalue weighted by atomic mass is 32.3. The summed E-state index contributed by atoms with van der Waals surface area (Å²) in [5, 5.41) is -5.16. The highest BCUT2D eigenvalue weighted by molar-refractivity contribution is 8.33. The van der Waals surface area contributed by atoms with Crippen LogP contribution in [0.5, 0.6) is 0 Å². The maximum atomic E-state index is 14.7. The Kier molecular flexibility index (Phi) is 7.62. The van der Waals surface area contributed by atoms with E-state index >= 15 is 0 Å². The first-order valence-corrected chi connectivity index (χ1v) is 13.9. The van der Waals surface area contributed by atoms with Gasteiger partial charge in [0, 0.05) is 14.7 Å². The minimum absolute atomic E-state index is 0.181. The van der Waals surface area contributed by atoms with Crippen molar-refractivity contribution in [1.82, 2.24) is 0 Å². The molecule has 0 spiro atoms. The number of benzene rings is 3. The van der Waals surface area contributed by atoms with Crippen LogP contribution < -0.4 is 0 Å². The molecule has 6 nitrogen and oxygen atoms in total. The van der Waals surface area contributed by atoms with Gasteiger partial charge in [-0.25, -0.2) is 3.63 Å². The van der Waals surface area contributed by atoms with Crippen LogP contribution in [0.4, 0.5) is 22.0 Å². The first-order chi connectivity index (χ1) is 16.2. The summed E-state index contributed by atoms with van der Waals surface area (Å²) in [5.74, 6) is 0. The van der Waals surface area contributed by atoms with E-state index in [1.54, 1.807) is 18.2 Å². The van der Waals surface area contributed by atoms with E-state index in [0.29, 0.717) is 0 Å². The molecule has 3 aromatic rings. The van der Waals surface area contributed by atoms with E-state index in [9.17, 15) is 38.8 Å². The van der Waals surface area contributed by atoms with Crippen LogP contribution in [-0.2, 0) is 28.0 Å². The standard InChI is InChI=1S/C21H17F5O6S3/c22-20(23,16-31-35(29,30)21(24,25)26)34(27,28)32-33(17-10-4-1-5-11-17,18-12-6-2-7-13-18)19-14-8-3-9-15-19/h1-15H,16H2. The van der Waals surface area contributed by atoms with Gasteiger partial charge in [-0.1, -0.05) is 54.6 Å². The van der Waals surface area contributed by atoms with Gasteiger partial charge in [-0.15, -0.1) is 0 Å². The van der Waals surface area contributed by atoms with Gasteiger partial charge in [0.2, 0.25) is 0 Å². The largest absolute Gasteiger partial charge is 0.523 e. The fraction of sp³-hybridized carbons (Fsp3) is 0.143. The molecule has 0 heterocycles. The number of halogens is 5. The maximum absolute atomic E-state index is 14.7. The summed E-state index contributed by atoms with van der Waals surface area (Å²) in [7, 11) is -16.0. The van der Waals surface area contributed by atoms with Crippen LogP contribution in [0.1, 0.15) is 0 Å². The van der Waals surface area contributed by atoms with Crippen molar-refractivity contribution < 1.29 is 46.6 Å². The van der Waals surface area contributed by atoms with Gasteiger partial charge in [0.05, 0.1) is 0 Å². The summed E-state index contributed by atoms with van der Waals surface area (Å²) in [6, 6.07) is 22.7. The first-order valence-electron chi connectivity index (χ1n) is 9.51. The summed E-state index contributed by atoms with van der Waals surface area (Å²) < 4.78 is 123. The van der Waals surface area contributed by atoms with Crippen LogP contribution in [0, 0.1) is 0 Å². The highest BCUT2D eigenvalue weighted by Gasteiger charge is 2.55. The third-order valence-electron chi connectivity index (χ3n) is 4.45. The Labute approximate surface area is 200 Å². The smallest absolute Gasteiger partial charge is 0.255 e. The minimum Gasteiger partial charge on any atom is -0.255 e. The molecule has 0 fully saturated rings. The Balaban J connectivity index is 2.17. The van der Waals surface area contributed by atoms with Crippen molar-refractivity contribution in [1.29, 1.82) is 0 Å². The molecule has 0 amide bonds. The Morgan fingerprint density at radius 2 is 0.914 bits per heavy atom. The maximum Gasteiger partial charge on any atom is 0.523 e. The number of hydrogen-bond donors (Lipinski definition) is 0. The van der Waals surface area contributed by atoms with E-state index in [1.807, 2.05) is 0 Å². The summed E-state index contributed by atoms with van der Waals surface area (Å²) in [6.45, 7) is -2.63. The quantitative estimate of drug-likeness (QED) is 0.191. The van der Waals surface area contributed by atoms with E-state index in [1.165, 1.54) is 72.8 Å². The van der Waals surface area contributed by atoms with Crippen LogP contribution >= 0.6 is 10.3 Å². The highest BCUT2D eigenvalue weighted by Crippen LogP contribution is 2.70. The Morgan fingerprint density at radius 3 is 1.23 bits per heavy atom. The van der Waals surface area contributed by atoms with Gasteiger partial charge in [-0.3, -0.25) is 4.18 Å². The predicted octanol–water partition coefficient (Wildman–Crippen LogP) is 5.69. The van der Waals surface area contributed by atoms with Gasteiger partial charge in [-0.05, 0) is 46.7 Å². The summed E-state index contributed by atoms with van der Waals surface area (Å²) in [4.78, 5) is 0.543. The molecule has 0 aliphatic carbocycles. The second-order valence-electron chi connectivity index (χ2n) is 6.82. The van der Waals surface area contributed by atoms with E-state index in [-0.39, 0.29) is 14.7 Å². The average Bonchev–Trinajstić information content (AvgIpc) is 2.82. The minimum atomic E-state index is -6.48. The molecule has 0 unspecified atom stereocenters. The van der Waals surface area contributed by atoms with Gasteiger partial charge in [0.1, 0.15) is 6.61 Å². The molecule has 0 bridgehead atoms. The van der Waals surface area contributed by atoms with Gasteiger partial charge < -0.3 is 0 Å². The average molecular weight is 557 g/mol. The lowest BCUT2D eigenvalue weighted by Crippen LogP contribution is -2.39. The molecule has 0 aromatic heterocycles.